The molecule has 42 heavy (non-hydrogen) atoms. The summed E-state index contributed by atoms with van der Waals surface area (Å²) in [6, 6.07) is -1.77. The molecule has 10 heteroatoms. The third-order valence-corrected chi connectivity index (χ3v) is 11.7. The Hall–Kier alpha value is -1.81. The predicted molar refractivity (Wildman–Crippen MR) is 163 cm³/mol. The normalized spacial score (nSPS) is 37.1. The number of urea groups is 1. The highest BCUT2D eigenvalue weighted by atomic mass is 16.7. The zero-order valence-corrected chi connectivity index (χ0v) is 28.0. The summed E-state index contributed by atoms with van der Waals surface area (Å²) in [5, 5.41) is 9.11. The summed E-state index contributed by atoms with van der Waals surface area (Å²) in [7, 11) is -0.511. The Balaban J connectivity index is 1.32. The van der Waals surface area contributed by atoms with Crippen molar-refractivity contribution in [3.05, 3.63) is 0 Å². The van der Waals surface area contributed by atoms with E-state index >= 15 is 0 Å². The number of amides is 4. The number of nitrogens with one attached hydrogen (secondary N) is 3. The average molecular weight is 587 g/mol. The van der Waals surface area contributed by atoms with Crippen LogP contribution in [0.3, 0.4) is 0 Å². The van der Waals surface area contributed by atoms with Gasteiger partial charge >= 0.3 is 13.1 Å². The third kappa shape index (κ3) is 5.06. The lowest BCUT2D eigenvalue weighted by Gasteiger charge is -2.64. The van der Waals surface area contributed by atoms with Gasteiger partial charge in [-0.15, -0.1) is 0 Å². The van der Waals surface area contributed by atoms with Gasteiger partial charge in [-0.25, -0.2) is 4.79 Å². The molecule has 2 saturated heterocycles. The topological polar surface area (TPSA) is 109 Å². The minimum Gasteiger partial charge on any atom is -0.404 e. The fraction of sp³-hybridized carbons (Fsp3) is 0.906. The minimum atomic E-state index is -0.780. The number of carbonyl (C=O) groups is 3. The van der Waals surface area contributed by atoms with Gasteiger partial charge < -0.3 is 30.2 Å². The van der Waals surface area contributed by atoms with Crippen molar-refractivity contribution in [2.24, 2.45) is 39.9 Å². The molecule has 0 radical (unpaired) electrons. The summed E-state index contributed by atoms with van der Waals surface area (Å²) in [6.07, 6.45) is 2.87. The highest BCUT2D eigenvalue weighted by molar-refractivity contribution is 6.47. The number of piperidine rings is 1. The predicted octanol–water partition coefficient (Wildman–Crippen LogP) is 4.14. The summed E-state index contributed by atoms with van der Waals surface area (Å²) in [6.45, 7) is 25.3. The number of hydrogen-bond donors (Lipinski definition) is 3. The maximum atomic E-state index is 14.2. The van der Waals surface area contributed by atoms with Gasteiger partial charge in [0.1, 0.15) is 12.1 Å². The first-order valence-electron chi connectivity index (χ1n) is 16.2. The maximum Gasteiger partial charge on any atom is 0.481 e. The van der Waals surface area contributed by atoms with Crippen molar-refractivity contribution in [2.75, 3.05) is 6.54 Å². The SMILES string of the molecule is CC[C@H](NC(=O)C1[C@@H]2[C@H](CN1C(=O)[C@@H](NC(=O)NC(C)(C)C)C(C)(C)C)C2(C)C)B1O[C@@H]2CC3CC(C3(C)C)[C@]2(C)O1. The first-order chi connectivity index (χ1) is 19.1. The molecule has 3 N–H and O–H groups in total. The first kappa shape index (κ1) is 31.6. The van der Waals surface area contributed by atoms with E-state index < -0.39 is 30.2 Å². The zero-order chi connectivity index (χ0) is 31.4. The second-order valence-electron chi connectivity index (χ2n) is 17.4. The Morgan fingerprint density at radius 3 is 2.17 bits per heavy atom. The van der Waals surface area contributed by atoms with Crippen LogP contribution in [0.25, 0.3) is 0 Å². The van der Waals surface area contributed by atoms with Gasteiger partial charge in [-0.3, -0.25) is 9.59 Å². The van der Waals surface area contributed by atoms with Crippen molar-refractivity contribution >= 4 is 25.0 Å². The number of hydrogen-bond acceptors (Lipinski definition) is 5. The van der Waals surface area contributed by atoms with Gasteiger partial charge in [0.15, 0.2) is 0 Å². The zero-order valence-electron chi connectivity index (χ0n) is 28.0. The van der Waals surface area contributed by atoms with Crippen LogP contribution in [-0.4, -0.2) is 71.7 Å². The minimum absolute atomic E-state index is 0.0237. The van der Waals surface area contributed by atoms with Gasteiger partial charge in [0.05, 0.1) is 17.6 Å². The lowest BCUT2D eigenvalue weighted by Crippen LogP contribution is -2.65. The van der Waals surface area contributed by atoms with Gasteiger partial charge in [0.25, 0.3) is 0 Å². The van der Waals surface area contributed by atoms with E-state index in [4.69, 9.17) is 9.31 Å². The maximum absolute atomic E-state index is 14.2. The van der Waals surface area contributed by atoms with Crippen LogP contribution in [0.1, 0.15) is 102 Å². The number of likely N-dealkylation sites (tertiary alicyclic amines) is 1. The van der Waals surface area contributed by atoms with Crippen LogP contribution >= 0.6 is 0 Å². The molecule has 6 rings (SSSR count). The molecule has 0 aromatic rings. The van der Waals surface area contributed by atoms with E-state index in [1.54, 1.807) is 4.90 Å². The number of carbonyl (C=O) groups excluding carboxylic acids is 3. The smallest absolute Gasteiger partial charge is 0.404 e. The van der Waals surface area contributed by atoms with Gasteiger partial charge in [-0.05, 0) is 86.9 Å². The molecule has 2 bridgehead atoms. The van der Waals surface area contributed by atoms with E-state index in [1.807, 2.05) is 48.5 Å². The molecule has 9 nitrogen and oxygen atoms in total. The molecule has 9 atom stereocenters. The summed E-state index contributed by atoms with van der Waals surface area (Å²) >= 11 is 0. The highest BCUT2D eigenvalue weighted by Crippen LogP contribution is 2.66. The monoisotopic (exact) mass is 586 g/mol. The van der Waals surface area contributed by atoms with Crippen molar-refractivity contribution in [3.63, 3.8) is 0 Å². The molecule has 4 amide bonds. The van der Waals surface area contributed by atoms with E-state index in [-0.39, 0.29) is 58.2 Å². The number of fused-ring (bicyclic) bond motifs is 1. The van der Waals surface area contributed by atoms with Crippen molar-refractivity contribution in [2.45, 2.75) is 138 Å². The van der Waals surface area contributed by atoms with Crippen LogP contribution in [0.15, 0.2) is 0 Å². The molecule has 0 aromatic heterocycles. The summed E-state index contributed by atoms with van der Waals surface area (Å²) in [5.41, 5.74) is -1.12. The van der Waals surface area contributed by atoms with Gasteiger partial charge in [-0.1, -0.05) is 55.4 Å². The fourth-order valence-corrected chi connectivity index (χ4v) is 8.84. The lowest BCUT2D eigenvalue weighted by molar-refractivity contribution is -0.199. The Bertz CT molecular complexity index is 1130. The number of nitrogens with zero attached hydrogens (tertiary/aromatic N) is 1. The summed E-state index contributed by atoms with van der Waals surface area (Å²) < 4.78 is 13.2. The van der Waals surface area contributed by atoms with E-state index in [1.165, 1.54) is 6.42 Å². The molecule has 0 spiro atoms. The quantitative estimate of drug-likeness (QED) is 0.406. The van der Waals surface area contributed by atoms with Crippen molar-refractivity contribution in [1.29, 1.82) is 0 Å². The standard InChI is InChI=1S/C32H55BN4O5/c1-13-21(33-41-20-15-17-14-19(30(17,8)9)32(20,12)42-33)34-25(38)23-22-18(31(22,10)11)16-37(23)26(39)24(28(2,3)4)35-27(40)36-29(5,6)7/h17-24H,13-16H2,1-12H3,(H,34,38)(H2,35,36,40)/t17?,18-,19?,20+,21-,22-,23?,24+,32-/m0/s1. The second-order valence-corrected chi connectivity index (χ2v) is 17.4. The first-order valence-corrected chi connectivity index (χ1v) is 16.2. The summed E-state index contributed by atoms with van der Waals surface area (Å²) in [4.78, 5) is 42.9. The van der Waals surface area contributed by atoms with Gasteiger partial charge in [0.2, 0.25) is 11.8 Å². The Morgan fingerprint density at radius 1 is 0.976 bits per heavy atom. The van der Waals surface area contributed by atoms with Gasteiger partial charge in [0, 0.05) is 12.1 Å². The van der Waals surface area contributed by atoms with Gasteiger partial charge in [-0.2, -0.15) is 0 Å². The van der Waals surface area contributed by atoms with Crippen molar-refractivity contribution in [3.8, 4) is 0 Å². The molecule has 6 fully saturated rings. The van der Waals surface area contributed by atoms with Crippen LogP contribution in [0.2, 0.25) is 0 Å². The molecule has 2 aliphatic heterocycles. The largest absolute Gasteiger partial charge is 0.481 e. The van der Waals surface area contributed by atoms with Crippen molar-refractivity contribution in [1.82, 2.24) is 20.9 Å². The van der Waals surface area contributed by atoms with Crippen LogP contribution < -0.4 is 16.0 Å². The van der Waals surface area contributed by atoms with Crippen LogP contribution in [-0.2, 0) is 18.9 Å². The lowest BCUT2D eigenvalue weighted by atomic mass is 9.43. The molecule has 0 aromatic carbocycles. The molecule has 4 saturated carbocycles. The van der Waals surface area contributed by atoms with E-state index in [9.17, 15) is 14.4 Å². The Morgan fingerprint density at radius 2 is 1.62 bits per heavy atom. The molecule has 236 valence electrons. The molecule has 3 unspecified atom stereocenters. The second kappa shape index (κ2) is 9.85. The Labute approximate surface area is 253 Å². The van der Waals surface area contributed by atoms with E-state index in [2.05, 4.69) is 50.6 Å². The highest BCUT2D eigenvalue weighted by Gasteiger charge is 2.71. The third-order valence-electron chi connectivity index (χ3n) is 11.7. The molecule has 6 aliphatic rings. The van der Waals surface area contributed by atoms with Crippen LogP contribution in [0, 0.1) is 39.9 Å². The Kier molecular flexibility index (Phi) is 7.41. The van der Waals surface area contributed by atoms with Crippen LogP contribution in [0.4, 0.5) is 4.79 Å². The fourth-order valence-electron chi connectivity index (χ4n) is 8.84. The molecule has 2 heterocycles. The van der Waals surface area contributed by atoms with Crippen LogP contribution in [0.5, 0.6) is 0 Å². The van der Waals surface area contributed by atoms with E-state index in [0.29, 0.717) is 24.8 Å². The number of rotatable bonds is 6. The van der Waals surface area contributed by atoms with E-state index in [0.717, 1.165) is 6.42 Å². The van der Waals surface area contributed by atoms with Crippen molar-refractivity contribution < 1.29 is 23.7 Å². The molecule has 4 aliphatic carbocycles. The molecular formula is C32H55BN4O5. The average Bonchev–Trinajstić information content (AvgIpc) is 3.18. The molecular weight excluding hydrogens is 531 g/mol. The summed E-state index contributed by atoms with van der Waals surface area (Å²) in [5.74, 6) is 0.734.